The molecule has 0 aliphatic carbocycles. The van der Waals surface area contributed by atoms with Crippen LogP contribution in [-0.4, -0.2) is 36.2 Å². The van der Waals surface area contributed by atoms with Gasteiger partial charge in [0.15, 0.2) is 0 Å². The number of carbonyl (C=O) groups excluding carboxylic acids is 2. The number of hydrogen-bond acceptors (Lipinski definition) is 3. The summed E-state index contributed by atoms with van der Waals surface area (Å²) in [5.41, 5.74) is -12.1. The first-order valence-corrected chi connectivity index (χ1v) is 12.3. The van der Waals surface area contributed by atoms with Gasteiger partial charge in [0.2, 0.25) is 0 Å². The van der Waals surface area contributed by atoms with Crippen LogP contribution < -0.4 is 10.2 Å². The Morgan fingerprint density at radius 2 is 1.46 bits per heavy atom. The van der Waals surface area contributed by atoms with Crippen molar-refractivity contribution in [3.63, 3.8) is 0 Å². The summed E-state index contributed by atoms with van der Waals surface area (Å²) in [7, 11) is 1.32. The van der Waals surface area contributed by atoms with Gasteiger partial charge in [0.1, 0.15) is 4.60 Å². The lowest BCUT2D eigenvalue weighted by Gasteiger charge is -2.31. The second-order valence-corrected chi connectivity index (χ2v) is 9.85. The maximum atomic E-state index is 14.5. The molecular formula is C24H13Br2F10N3O2. The Bertz CT molecular complexity index is 1480. The highest BCUT2D eigenvalue weighted by Crippen LogP contribution is 2.55. The molecule has 1 aromatic heterocycles. The summed E-state index contributed by atoms with van der Waals surface area (Å²) in [4.78, 5) is 30.7. The van der Waals surface area contributed by atoms with Crippen LogP contribution in [0.5, 0.6) is 0 Å². The maximum absolute atomic E-state index is 14.5. The molecule has 3 rings (SSSR count). The SMILES string of the molecule is CN(C(=O)c1cccnc1Br)c1cccc(C(=O)Nc2c(Br)cc(C(F)(C(F)(F)F)C(F)(F)F)cc2C(F)(F)F)c1. The summed E-state index contributed by atoms with van der Waals surface area (Å²) in [5.74, 6) is -1.88. The van der Waals surface area contributed by atoms with Gasteiger partial charge in [-0.3, -0.25) is 9.59 Å². The molecule has 0 fully saturated rings. The van der Waals surface area contributed by atoms with Crippen LogP contribution in [0.25, 0.3) is 0 Å². The maximum Gasteiger partial charge on any atom is 0.435 e. The highest BCUT2D eigenvalue weighted by atomic mass is 79.9. The molecule has 220 valence electrons. The van der Waals surface area contributed by atoms with Gasteiger partial charge in [-0.05, 0) is 74.3 Å². The minimum atomic E-state index is -6.67. The van der Waals surface area contributed by atoms with E-state index in [1.54, 1.807) is 5.32 Å². The van der Waals surface area contributed by atoms with Crippen LogP contribution >= 0.6 is 31.9 Å². The number of halogens is 12. The average molecular weight is 725 g/mol. The highest BCUT2D eigenvalue weighted by Gasteiger charge is 2.73. The average Bonchev–Trinajstić information content (AvgIpc) is 2.86. The molecule has 17 heteroatoms. The van der Waals surface area contributed by atoms with E-state index in [1.165, 1.54) is 37.5 Å². The van der Waals surface area contributed by atoms with Gasteiger partial charge in [-0.2, -0.15) is 39.5 Å². The van der Waals surface area contributed by atoms with Crippen LogP contribution in [0, 0.1) is 0 Å². The fourth-order valence-corrected chi connectivity index (χ4v) is 4.51. The summed E-state index contributed by atoms with van der Waals surface area (Å²) in [6.07, 6.45) is -17.6. The van der Waals surface area contributed by atoms with Crippen molar-refractivity contribution in [2.24, 2.45) is 0 Å². The summed E-state index contributed by atoms with van der Waals surface area (Å²) in [6.45, 7) is 0. The number of hydrogen-bond donors (Lipinski definition) is 1. The lowest BCUT2D eigenvalue weighted by Crippen LogP contribution is -2.50. The molecule has 0 aliphatic rings. The van der Waals surface area contributed by atoms with Crippen molar-refractivity contribution in [3.8, 4) is 0 Å². The zero-order chi connectivity index (χ0) is 31.1. The van der Waals surface area contributed by atoms with Crippen molar-refractivity contribution in [1.82, 2.24) is 4.98 Å². The van der Waals surface area contributed by atoms with Gasteiger partial charge in [0, 0.05) is 34.5 Å². The molecule has 0 saturated heterocycles. The summed E-state index contributed by atoms with van der Waals surface area (Å²) in [6, 6.07) is 6.94. The topological polar surface area (TPSA) is 62.3 Å². The van der Waals surface area contributed by atoms with E-state index in [0.29, 0.717) is 0 Å². The second kappa shape index (κ2) is 11.2. The highest BCUT2D eigenvalue weighted by molar-refractivity contribution is 9.10. The Hall–Kier alpha value is -3.21. The number of anilines is 2. The lowest BCUT2D eigenvalue weighted by atomic mass is 9.92. The Morgan fingerprint density at radius 1 is 0.854 bits per heavy atom. The van der Waals surface area contributed by atoms with E-state index < -0.39 is 63.4 Å². The molecule has 0 unspecified atom stereocenters. The number of alkyl halides is 10. The molecule has 0 radical (unpaired) electrons. The zero-order valence-corrected chi connectivity index (χ0v) is 23.1. The van der Waals surface area contributed by atoms with Gasteiger partial charge in [-0.15, -0.1) is 0 Å². The summed E-state index contributed by atoms with van der Waals surface area (Å²) in [5, 5.41) is 1.78. The quantitative estimate of drug-likeness (QED) is 0.212. The summed E-state index contributed by atoms with van der Waals surface area (Å²) >= 11 is 5.54. The van der Waals surface area contributed by atoms with Crippen molar-refractivity contribution in [1.29, 1.82) is 0 Å². The minimum Gasteiger partial charge on any atom is -0.320 e. The van der Waals surface area contributed by atoms with Crippen molar-refractivity contribution >= 4 is 55.0 Å². The van der Waals surface area contributed by atoms with Crippen LogP contribution in [-0.2, 0) is 11.8 Å². The first-order valence-electron chi connectivity index (χ1n) is 10.7. The number of pyridine rings is 1. The molecule has 0 spiro atoms. The Balaban J connectivity index is 2.04. The van der Waals surface area contributed by atoms with E-state index in [0.717, 1.165) is 17.0 Å². The van der Waals surface area contributed by atoms with Gasteiger partial charge >= 0.3 is 24.2 Å². The smallest absolute Gasteiger partial charge is 0.320 e. The molecule has 0 atom stereocenters. The minimum absolute atomic E-state index is 0.0847. The van der Waals surface area contributed by atoms with Crippen LogP contribution in [0.3, 0.4) is 0 Å². The first kappa shape index (κ1) is 32.3. The molecule has 2 amide bonds. The molecular weight excluding hydrogens is 712 g/mol. The van der Waals surface area contributed by atoms with Crippen molar-refractivity contribution < 1.29 is 53.5 Å². The number of aromatic nitrogens is 1. The van der Waals surface area contributed by atoms with E-state index in [1.807, 2.05) is 0 Å². The molecule has 0 bridgehead atoms. The molecule has 0 saturated carbocycles. The number of nitrogens with one attached hydrogen (secondary N) is 1. The molecule has 2 aromatic carbocycles. The number of nitrogens with zero attached hydrogens (tertiary/aromatic N) is 2. The third-order valence-electron chi connectivity index (χ3n) is 5.60. The second-order valence-electron chi connectivity index (χ2n) is 8.24. The molecule has 41 heavy (non-hydrogen) atoms. The van der Waals surface area contributed by atoms with E-state index in [4.69, 9.17) is 0 Å². The largest absolute Gasteiger partial charge is 0.435 e. The Morgan fingerprint density at radius 3 is 2.00 bits per heavy atom. The van der Waals surface area contributed by atoms with E-state index in [2.05, 4.69) is 36.8 Å². The van der Waals surface area contributed by atoms with Gasteiger partial charge < -0.3 is 10.2 Å². The van der Waals surface area contributed by atoms with Crippen molar-refractivity contribution in [2.75, 3.05) is 17.3 Å². The van der Waals surface area contributed by atoms with Crippen molar-refractivity contribution in [3.05, 3.63) is 86.1 Å². The lowest BCUT2D eigenvalue weighted by molar-refractivity contribution is -0.348. The Labute approximate surface area is 240 Å². The normalized spacial score (nSPS) is 12.7. The molecule has 3 aromatic rings. The van der Waals surface area contributed by atoms with Crippen LogP contribution in [0.2, 0.25) is 0 Å². The molecule has 1 heterocycles. The third kappa shape index (κ3) is 6.34. The van der Waals surface area contributed by atoms with Crippen LogP contribution in [0.1, 0.15) is 31.8 Å². The van der Waals surface area contributed by atoms with E-state index in [-0.39, 0.29) is 27.5 Å². The zero-order valence-electron chi connectivity index (χ0n) is 19.9. The number of rotatable bonds is 5. The van der Waals surface area contributed by atoms with Crippen LogP contribution in [0.15, 0.2) is 63.8 Å². The number of benzene rings is 2. The fourth-order valence-electron chi connectivity index (χ4n) is 3.53. The van der Waals surface area contributed by atoms with Gasteiger partial charge in [0.05, 0.1) is 16.8 Å². The van der Waals surface area contributed by atoms with E-state index >= 15 is 0 Å². The molecule has 5 nitrogen and oxygen atoms in total. The number of carbonyl (C=O) groups is 2. The van der Waals surface area contributed by atoms with E-state index in [9.17, 15) is 53.5 Å². The van der Waals surface area contributed by atoms with Gasteiger partial charge in [0.25, 0.3) is 11.8 Å². The third-order valence-corrected chi connectivity index (χ3v) is 6.86. The predicted molar refractivity (Wildman–Crippen MR) is 133 cm³/mol. The Kier molecular flexibility index (Phi) is 8.85. The van der Waals surface area contributed by atoms with Crippen LogP contribution in [0.4, 0.5) is 55.3 Å². The summed E-state index contributed by atoms with van der Waals surface area (Å²) < 4.78 is 134. The monoisotopic (exact) mass is 723 g/mol. The van der Waals surface area contributed by atoms with Gasteiger partial charge in [-0.1, -0.05) is 6.07 Å². The molecule has 1 N–H and O–H groups in total. The standard InChI is InChI=1S/C24H13Br2F10N3O2/c1-39(20(41)14-6-3-7-37-18(14)26)13-5-2-4-11(8-13)19(40)38-17-15(22(28,29)30)9-12(10-16(17)25)21(27,23(31,32)33)24(34,35)36/h2-10H,1H3,(H,38,40). The van der Waals surface area contributed by atoms with Gasteiger partial charge in [-0.25, -0.2) is 9.37 Å². The van der Waals surface area contributed by atoms with Crippen molar-refractivity contribution in [2.45, 2.75) is 24.2 Å². The molecule has 0 aliphatic heterocycles. The first-order chi connectivity index (χ1) is 18.7. The number of amides is 2. The fraction of sp³-hybridized carbons (Fsp3) is 0.208. The predicted octanol–water partition coefficient (Wildman–Crippen LogP) is 8.44.